The van der Waals surface area contributed by atoms with Crippen molar-refractivity contribution >= 4 is 63.5 Å². The maximum atomic E-state index is 13.0. The number of hydrogen-bond acceptors (Lipinski definition) is 5. The van der Waals surface area contributed by atoms with E-state index in [4.69, 9.17) is 28.4 Å². The van der Waals surface area contributed by atoms with Gasteiger partial charge in [0.1, 0.15) is 5.82 Å². The third kappa shape index (κ3) is 6.32. The zero-order valence-corrected chi connectivity index (χ0v) is 22.4. The van der Waals surface area contributed by atoms with Gasteiger partial charge < -0.3 is 15.6 Å². The number of nitrogens with one attached hydrogen (secondary N) is 4. The van der Waals surface area contributed by atoms with Crippen LogP contribution in [0.1, 0.15) is 21.5 Å². The number of imidazole rings is 1. The molecule has 0 spiro atoms. The molecule has 0 saturated heterocycles. The predicted octanol–water partition coefficient (Wildman–Crippen LogP) is 6.92. The standard InChI is InChI=1S/C30H23Cl2N5O3/c31-24-12-10-21(16-23(24)29-35-26-6-1-2-7-27(26)36-29)34-30(39)22-11-8-19(15-25(22)32)17-33-20-5-3-4-18(14-20)9-13-28(38)37-40/h1-16,33,40H,17H2,(H,34,39)(H,35,36)(H,37,38)/b13-9+. The molecule has 0 fully saturated rings. The normalized spacial score (nSPS) is 11.1. The fourth-order valence-corrected chi connectivity index (χ4v) is 4.58. The van der Waals surface area contributed by atoms with Gasteiger partial charge in [-0.15, -0.1) is 0 Å². The highest BCUT2D eigenvalue weighted by Crippen LogP contribution is 2.31. The first-order valence-electron chi connectivity index (χ1n) is 12.2. The van der Waals surface area contributed by atoms with Crippen LogP contribution in [0.2, 0.25) is 10.0 Å². The number of anilines is 2. The average Bonchev–Trinajstić information content (AvgIpc) is 3.40. The molecule has 0 aliphatic rings. The number of aromatic amines is 1. The second kappa shape index (κ2) is 12.0. The lowest BCUT2D eigenvalue weighted by atomic mass is 10.1. The molecule has 0 unspecified atom stereocenters. The Morgan fingerprint density at radius 2 is 1.75 bits per heavy atom. The van der Waals surface area contributed by atoms with E-state index >= 15 is 0 Å². The summed E-state index contributed by atoms with van der Waals surface area (Å²) in [7, 11) is 0. The lowest BCUT2D eigenvalue weighted by Gasteiger charge is -2.11. The molecule has 1 aromatic heterocycles. The van der Waals surface area contributed by atoms with Crippen molar-refractivity contribution in [3.05, 3.63) is 118 Å². The number of rotatable bonds is 8. The Labute approximate surface area is 239 Å². The van der Waals surface area contributed by atoms with E-state index in [1.54, 1.807) is 41.9 Å². The molecule has 5 aromatic rings. The van der Waals surface area contributed by atoms with Gasteiger partial charge >= 0.3 is 0 Å². The van der Waals surface area contributed by atoms with Gasteiger partial charge in [-0.2, -0.15) is 0 Å². The Bertz CT molecular complexity index is 1720. The zero-order chi connectivity index (χ0) is 28.1. The molecule has 5 N–H and O–H groups in total. The number of aromatic nitrogens is 2. The number of amides is 2. The van der Waals surface area contributed by atoms with Gasteiger partial charge in [0.15, 0.2) is 0 Å². The van der Waals surface area contributed by atoms with Gasteiger partial charge in [0, 0.05) is 29.6 Å². The molecule has 10 heteroatoms. The van der Waals surface area contributed by atoms with Crippen molar-refractivity contribution in [2.45, 2.75) is 6.54 Å². The number of benzene rings is 4. The molecule has 8 nitrogen and oxygen atoms in total. The van der Waals surface area contributed by atoms with Gasteiger partial charge in [0.2, 0.25) is 0 Å². The summed E-state index contributed by atoms with van der Waals surface area (Å²) in [6, 6.07) is 25.5. The fourth-order valence-electron chi connectivity index (χ4n) is 4.08. The van der Waals surface area contributed by atoms with Crippen molar-refractivity contribution in [2.24, 2.45) is 0 Å². The van der Waals surface area contributed by atoms with Crippen LogP contribution in [0.5, 0.6) is 0 Å². The van der Waals surface area contributed by atoms with E-state index in [1.807, 2.05) is 54.6 Å². The Morgan fingerprint density at radius 3 is 2.55 bits per heavy atom. The lowest BCUT2D eigenvalue weighted by molar-refractivity contribution is -0.124. The number of hydrogen-bond donors (Lipinski definition) is 5. The minimum absolute atomic E-state index is 0.315. The highest BCUT2D eigenvalue weighted by molar-refractivity contribution is 6.35. The van der Waals surface area contributed by atoms with Crippen LogP contribution in [0.3, 0.4) is 0 Å². The fraction of sp³-hybridized carbons (Fsp3) is 0.0333. The highest BCUT2D eigenvalue weighted by atomic mass is 35.5. The second-order valence-corrected chi connectivity index (χ2v) is 9.67. The van der Waals surface area contributed by atoms with Gasteiger partial charge in [-0.1, -0.05) is 53.5 Å². The Kier molecular flexibility index (Phi) is 8.12. The molecule has 40 heavy (non-hydrogen) atoms. The van der Waals surface area contributed by atoms with Crippen LogP contribution < -0.4 is 16.1 Å². The zero-order valence-electron chi connectivity index (χ0n) is 20.9. The number of fused-ring (bicyclic) bond motifs is 1. The third-order valence-corrected chi connectivity index (χ3v) is 6.71. The van der Waals surface area contributed by atoms with Crippen LogP contribution in [-0.2, 0) is 11.3 Å². The van der Waals surface area contributed by atoms with Crippen LogP contribution in [0.4, 0.5) is 11.4 Å². The van der Waals surface area contributed by atoms with Crippen molar-refractivity contribution in [3.8, 4) is 11.4 Å². The smallest absolute Gasteiger partial charge is 0.267 e. The average molecular weight is 572 g/mol. The molecule has 5 rings (SSSR count). The summed E-state index contributed by atoms with van der Waals surface area (Å²) in [6.07, 6.45) is 2.81. The number of carbonyl (C=O) groups is 2. The number of nitrogens with zero attached hydrogens (tertiary/aromatic N) is 1. The van der Waals surface area contributed by atoms with Crippen molar-refractivity contribution < 1.29 is 14.8 Å². The maximum absolute atomic E-state index is 13.0. The monoisotopic (exact) mass is 571 g/mol. The van der Waals surface area contributed by atoms with Gasteiger partial charge in [0.25, 0.3) is 11.8 Å². The topological polar surface area (TPSA) is 119 Å². The van der Waals surface area contributed by atoms with Crippen molar-refractivity contribution in [2.75, 3.05) is 10.6 Å². The number of H-pyrrole nitrogens is 1. The summed E-state index contributed by atoms with van der Waals surface area (Å²) < 4.78 is 0. The summed E-state index contributed by atoms with van der Waals surface area (Å²) in [5.74, 6) is -0.358. The van der Waals surface area contributed by atoms with E-state index < -0.39 is 5.91 Å². The van der Waals surface area contributed by atoms with Crippen LogP contribution in [0.25, 0.3) is 28.5 Å². The third-order valence-electron chi connectivity index (χ3n) is 6.07. The molecular weight excluding hydrogens is 549 g/mol. The van der Waals surface area contributed by atoms with E-state index in [-0.39, 0.29) is 5.91 Å². The van der Waals surface area contributed by atoms with Crippen LogP contribution in [0.15, 0.2) is 91.0 Å². The predicted molar refractivity (Wildman–Crippen MR) is 159 cm³/mol. The lowest BCUT2D eigenvalue weighted by Crippen LogP contribution is -2.14. The minimum atomic E-state index is -0.611. The molecule has 0 radical (unpaired) electrons. The maximum Gasteiger partial charge on any atom is 0.267 e. The molecular formula is C30H23Cl2N5O3. The molecule has 0 atom stereocenters. The first kappa shape index (κ1) is 27.0. The van der Waals surface area contributed by atoms with Gasteiger partial charge in [-0.3, -0.25) is 14.8 Å². The summed E-state index contributed by atoms with van der Waals surface area (Å²) in [6.45, 7) is 0.462. The van der Waals surface area contributed by atoms with Gasteiger partial charge in [-0.25, -0.2) is 10.5 Å². The molecule has 200 valence electrons. The van der Waals surface area contributed by atoms with E-state index in [0.29, 0.717) is 39.2 Å². The molecule has 0 bridgehead atoms. The van der Waals surface area contributed by atoms with Crippen LogP contribution >= 0.6 is 23.2 Å². The molecule has 0 aliphatic carbocycles. The summed E-state index contributed by atoms with van der Waals surface area (Å²) in [4.78, 5) is 32.1. The van der Waals surface area contributed by atoms with Crippen LogP contribution in [-0.4, -0.2) is 27.0 Å². The number of halogens is 2. The molecule has 0 aliphatic heterocycles. The molecule has 1 heterocycles. The Balaban J connectivity index is 1.26. The Morgan fingerprint density at radius 1 is 0.900 bits per heavy atom. The van der Waals surface area contributed by atoms with E-state index in [1.165, 1.54) is 6.08 Å². The van der Waals surface area contributed by atoms with E-state index in [0.717, 1.165) is 27.8 Å². The van der Waals surface area contributed by atoms with Crippen molar-refractivity contribution in [1.29, 1.82) is 0 Å². The van der Waals surface area contributed by atoms with Gasteiger partial charge in [0.05, 0.1) is 26.6 Å². The first-order chi connectivity index (χ1) is 19.4. The largest absolute Gasteiger partial charge is 0.381 e. The van der Waals surface area contributed by atoms with Crippen molar-refractivity contribution in [1.82, 2.24) is 15.4 Å². The number of para-hydroxylation sites is 2. The van der Waals surface area contributed by atoms with Crippen molar-refractivity contribution in [3.63, 3.8) is 0 Å². The SMILES string of the molecule is O=C(/C=C/c1cccc(NCc2ccc(C(=O)Nc3ccc(Cl)c(-c4nc5ccccc5[nH]4)c3)c(Cl)c2)c1)NO. The second-order valence-electron chi connectivity index (χ2n) is 8.85. The van der Waals surface area contributed by atoms with E-state index in [2.05, 4.69) is 20.6 Å². The quantitative estimate of drug-likeness (QED) is 0.0786. The van der Waals surface area contributed by atoms with Crippen LogP contribution in [0, 0.1) is 0 Å². The minimum Gasteiger partial charge on any atom is -0.381 e. The summed E-state index contributed by atoms with van der Waals surface area (Å²) >= 11 is 12.9. The molecule has 2 amide bonds. The van der Waals surface area contributed by atoms with E-state index in [9.17, 15) is 9.59 Å². The molecule has 0 saturated carbocycles. The highest BCUT2D eigenvalue weighted by Gasteiger charge is 2.14. The number of hydroxylamine groups is 1. The molecule has 4 aromatic carbocycles. The first-order valence-corrected chi connectivity index (χ1v) is 13.0. The number of carbonyl (C=O) groups excluding carboxylic acids is 2. The summed E-state index contributed by atoms with van der Waals surface area (Å²) in [5.41, 5.74) is 7.30. The Hall–Kier alpha value is -4.63. The summed E-state index contributed by atoms with van der Waals surface area (Å²) in [5, 5.41) is 15.6. The van der Waals surface area contributed by atoms with Gasteiger partial charge in [-0.05, 0) is 71.8 Å².